The first-order chi connectivity index (χ1) is 12.5. The zero-order valence-electron chi connectivity index (χ0n) is 15.8. The summed E-state index contributed by atoms with van der Waals surface area (Å²) in [6.45, 7) is 7.65. The molecule has 1 aromatic carbocycles. The van der Waals surface area contributed by atoms with Crippen LogP contribution in [0.25, 0.3) is 0 Å². The Balaban J connectivity index is 1.63. The maximum Gasteiger partial charge on any atom is 0.108 e. The van der Waals surface area contributed by atoms with Crippen molar-refractivity contribution in [2.45, 2.75) is 39.2 Å². The smallest absolute Gasteiger partial charge is 0.108 e. The molecule has 2 fully saturated rings. The number of hydrogen-bond acceptors (Lipinski definition) is 6. The number of aliphatic hydroxyl groups is 1. The summed E-state index contributed by atoms with van der Waals surface area (Å²) in [5, 5.41) is 13.3. The number of nitrogens with two attached hydrogens (primary N) is 1. The largest absolute Gasteiger partial charge is 0.396 e. The predicted molar refractivity (Wildman–Crippen MR) is 106 cm³/mol. The van der Waals surface area contributed by atoms with E-state index in [9.17, 15) is 5.11 Å². The van der Waals surface area contributed by atoms with Crippen molar-refractivity contribution in [2.75, 3.05) is 37.7 Å². The molecule has 0 amide bonds. The lowest BCUT2D eigenvalue weighted by atomic mass is 9.82. The van der Waals surface area contributed by atoms with Gasteiger partial charge in [-0.15, -0.1) is 0 Å². The number of benzene rings is 1. The monoisotopic (exact) mass is 358 g/mol. The van der Waals surface area contributed by atoms with Crippen molar-refractivity contribution in [3.05, 3.63) is 29.3 Å². The second kappa shape index (κ2) is 8.18. The summed E-state index contributed by atoms with van der Waals surface area (Å²) in [6, 6.07) is 6.28. The molecule has 1 unspecified atom stereocenters. The van der Waals surface area contributed by atoms with Gasteiger partial charge in [0, 0.05) is 42.6 Å². The third-order valence-corrected chi connectivity index (χ3v) is 5.31. The Morgan fingerprint density at radius 1 is 1.42 bits per heavy atom. The molecular weight excluding hydrogens is 328 g/mol. The first kappa shape index (κ1) is 18.9. The Hall–Kier alpha value is -1.92. The van der Waals surface area contributed by atoms with Crippen molar-refractivity contribution in [1.29, 1.82) is 0 Å². The molecule has 0 radical (unpaired) electrons. The zero-order chi connectivity index (χ0) is 18.6. The highest BCUT2D eigenvalue weighted by Crippen LogP contribution is 2.34. The number of aryl methyl sites for hydroxylation is 1. The lowest BCUT2D eigenvalue weighted by Crippen LogP contribution is -2.56. The molecule has 6 nitrogen and oxygen atoms in total. The molecular formula is C20H30N4O2. The molecule has 3 N–H and O–H groups in total. The summed E-state index contributed by atoms with van der Waals surface area (Å²) < 4.78 is 5.70. The van der Waals surface area contributed by atoms with Gasteiger partial charge < -0.3 is 20.6 Å². The number of anilines is 1. The fourth-order valence-electron chi connectivity index (χ4n) is 3.67. The van der Waals surface area contributed by atoms with Crippen molar-refractivity contribution in [2.24, 2.45) is 21.4 Å². The van der Waals surface area contributed by atoms with Gasteiger partial charge in [-0.2, -0.15) is 5.10 Å². The summed E-state index contributed by atoms with van der Waals surface area (Å²) in [4.78, 5) is 6.78. The van der Waals surface area contributed by atoms with Gasteiger partial charge in [0.1, 0.15) is 5.71 Å². The van der Waals surface area contributed by atoms with Gasteiger partial charge in [0.25, 0.3) is 0 Å². The highest BCUT2D eigenvalue weighted by Gasteiger charge is 2.38. The molecule has 2 aliphatic heterocycles. The number of hydrogen-bond donors (Lipinski definition) is 2. The SMILES string of the molecule is Cc1cc(N2CC(C)(CO)C2)ccc1/C(C=NCC1CCCCO1)=N/N. The van der Waals surface area contributed by atoms with Gasteiger partial charge in [-0.1, -0.05) is 13.0 Å². The van der Waals surface area contributed by atoms with Crippen LogP contribution in [0.1, 0.15) is 37.3 Å². The Morgan fingerprint density at radius 3 is 2.85 bits per heavy atom. The average Bonchev–Trinajstić information content (AvgIpc) is 2.64. The van der Waals surface area contributed by atoms with E-state index in [4.69, 9.17) is 10.6 Å². The van der Waals surface area contributed by atoms with Gasteiger partial charge in [-0.05, 0) is 43.9 Å². The van der Waals surface area contributed by atoms with Crippen LogP contribution in [0.15, 0.2) is 28.3 Å². The van der Waals surface area contributed by atoms with Crippen LogP contribution in [0.5, 0.6) is 0 Å². The van der Waals surface area contributed by atoms with E-state index in [1.807, 2.05) is 6.07 Å². The van der Waals surface area contributed by atoms with Crippen LogP contribution < -0.4 is 10.7 Å². The lowest BCUT2D eigenvalue weighted by molar-refractivity contribution is 0.0226. The number of nitrogens with zero attached hydrogens (tertiary/aromatic N) is 3. The topological polar surface area (TPSA) is 83.4 Å². The highest BCUT2D eigenvalue weighted by atomic mass is 16.5. The normalized spacial score (nSPS) is 23.3. The number of aliphatic hydroxyl groups excluding tert-OH is 1. The summed E-state index contributed by atoms with van der Waals surface area (Å²) >= 11 is 0. The summed E-state index contributed by atoms with van der Waals surface area (Å²) in [7, 11) is 0. The van der Waals surface area contributed by atoms with Crippen molar-refractivity contribution in [1.82, 2.24) is 0 Å². The zero-order valence-corrected chi connectivity index (χ0v) is 15.8. The standard InChI is InChI=1S/C20H30N4O2/c1-15-9-16(24-12-20(2,13-24)14-25)6-7-18(15)19(23-21)11-22-10-17-5-3-4-8-26-17/h6-7,9,11,17,25H,3-5,8,10,12-14,21H2,1-2H3/b22-11?,23-19+. The molecule has 0 bridgehead atoms. The number of ether oxygens (including phenoxy) is 1. The fraction of sp³-hybridized carbons (Fsp3) is 0.600. The van der Waals surface area contributed by atoms with Crippen molar-refractivity contribution < 1.29 is 9.84 Å². The minimum absolute atomic E-state index is 0.0182. The second-order valence-electron chi connectivity index (χ2n) is 7.82. The number of rotatable bonds is 6. The van der Waals surface area contributed by atoms with Crippen molar-refractivity contribution in [3.63, 3.8) is 0 Å². The van der Waals surface area contributed by atoms with Gasteiger partial charge in [0.05, 0.1) is 19.3 Å². The molecule has 0 aliphatic carbocycles. The van der Waals surface area contributed by atoms with Crippen molar-refractivity contribution >= 4 is 17.6 Å². The third kappa shape index (κ3) is 4.24. The van der Waals surface area contributed by atoms with E-state index in [1.165, 1.54) is 12.1 Å². The minimum atomic E-state index is 0.0182. The Kier molecular flexibility index (Phi) is 5.94. The summed E-state index contributed by atoms with van der Waals surface area (Å²) in [5.41, 5.74) is 3.99. The van der Waals surface area contributed by atoms with Gasteiger partial charge >= 0.3 is 0 Å². The molecule has 2 aliphatic rings. The van der Waals surface area contributed by atoms with Gasteiger partial charge in [-0.25, -0.2) is 0 Å². The Morgan fingerprint density at radius 2 is 2.23 bits per heavy atom. The quantitative estimate of drug-likeness (QED) is 0.463. The Labute approximate surface area is 155 Å². The molecule has 1 aromatic rings. The van der Waals surface area contributed by atoms with Crippen LogP contribution in [0.4, 0.5) is 5.69 Å². The van der Waals surface area contributed by atoms with E-state index in [2.05, 4.69) is 41.0 Å². The van der Waals surface area contributed by atoms with E-state index in [0.29, 0.717) is 12.3 Å². The van der Waals surface area contributed by atoms with E-state index in [1.54, 1.807) is 6.21 Å². The molecule has 26 heavy (non-hydrogen) atoms. The summed E-state index contributed by atoms with van der Waals surface area (Å²) in [5.74, 6) is 5.61. The van der Waals surface area contributed by atoms with Crippen LogP contribution in [-0.2, 0) is 4.74 Å². The first-order valence-electron chi connectivity index (χ1n) is 9.41. The molecule has 0 spiro atoms. The molecule has 3 rings (SSSR count). The van der Waals surface area contributed by atoms with E-state index < -0.39 is 0 Å². The third-order valence-electron chi connectivity index (χ3n) is 5.31. The second-order valence-corrected chi connectivity index (χ2v) is 7.82. The van der Waals surface area contributed by atoms with E-state index >= 15 is 0 Å². The first-order valence-corrected chi connectivity index (χ1v) is 9.41. The van der Waals surface area contributed by atoms with Crippen LogP contribution in [0.3, 0.4) is 0 Å². The molecule has 6 heteroatoms. The predicted octanol–water partition coefficient (Wildman–Crippen LogP) is 2.12. The highest BCUT2D eigenvalue weighted by molar-refractivity contribution is 6.38. The molecule has 0 aromatic heterocycles. The van der Waals surface area contributed by atoms with Crippen LogP contribution in [-0.4, -0.2) is 56.0 Å². The molecule has 1 atom stereocenters. The van der Waals surface area contributed by atoms with Gasteiger partial charge in [-0.3, -0.25) is 4.99 Å². The van der Waals surface area contributed by atoms with Crippen LogP contribution in [0, 0.1) is 12.3 Å². The van der Waals surface area contributed by atoms with Crippen LogP contribution >= 0.6 is 0 Å². The van der Waals surface area contributed by atoms with Gasteiger partial charge in [0.2, 0.25) is 0 Å². The molecule has 2 saturated heterocycles. The minimum Gasteiger partial charge on any atom is -0.396 e. The van der Waals surface area contributed by atoms with E-state index in [-0.39, 0.29) is 18.1 Å². The molecule has 2 heterocycles. The summed E-state index contributed by atoms with van der Waals surface area (Å²) in [6.07, 6.45) is 5.41. The molecule has 0 saturated carbocycles. The fourth-order valence-corrected chi connectivity index (χ4v) is 3.67. The average molecular weight is 358 g/mol. The lowest BCUT2D eigenvalue weighted by Gasteiger charge is -2.48. The number of aliphatic imine (C=N–C) groups is 1. The van der Waals surface area contributed by atoms with Gasteiger partial charge in [0.15, 0.2) is 0 Å². The van der Waals surface area contributed by atoms with E-state index in [0.717, 1.165) is 43.7 Å². The maximum absolute atomic E-state index is 9.41. The molecule has 142 valence electrons. The Bertz CT molecular complexity index is 674. The van der Waals surface area contributed by atoms with Crippen molar-refractivity contribution in [3.8, 4) is 0 Å². The maximum atomic E-state index is 9.41. The van der Waals surface area contributed by atoms with Crippen LogP contribution in [0.2, 0.25) is 0 Å². The number of hydrazone groups is 1.